The van der Waals surface area contributed by atoms with Gasteiger partial charge in [0.25, 0.3) is 0 Å². The summed E-state index contributed by atoms with van der Waals surface area (Å²) in [5.41, 5.74) is 0. The molecule has 3 N–H and O–H groups in total. The Kier molecular flexibility index (Phi) is 6.45. The van der Waals surface area contributed by atoms with Gasteiger partial charge in [0.1, 0.15) is 0 Å². The molecule has 2 aliphatic rings. The summed E-state index contributed by atoms with van der Waals surface area (Å²) in [5, 5.41) is 8.33. The van der Waals surface area contributed by atoms with E-state index in [1.807, 2.05) is 0 Å². The minimum Gasteiger partial charge on any atom is -0.352 e. The molecule has 0 bridgehead atoms. The van der Waals surface area contributed by atoms with Gasteiger partial charge in [0, 0.05) is 12.6 Å². The molecule has 1 aliphatic carbocycles. The first kappa shape index (κ1) is 18.7. The molecule has 6 nitrogen and oxygen atoms in total. The van der Waals surface area contributed by atoms with Gasteiger partial charge in [-0.1, -0.05) is 26.7 Å². The van der Waals surface area contributed by atoms with Crippen LogP contribution in [0.1, 0.15) is 46.0 Å². The summed E-state index contributed by atoms with van der Waals surface area (Å²) in [4.78, 5) is 14.4. The topological polar surface area (TPSA) is 92.5 Å². The zero-order valence-electron chi connectivity index (χ0n) is 14.3. The third-order valence-electron chi connectivity index (χ3n) is 5.49. The number of hydrogen-bond donors (Lipinski definition) is 2. The largest absolute Gasteiger partial charge is 0.352 e. The van der Waals surface area contributed by atoms with Gasteiger partial charge >= 0.3 is 0 Å². The Bertz CT molecular complexity index is 509. The lowest BCUT2D eigenvalue weighted by Crippen LogP contribution is -2.49. The second kappa shape index (κ2) is 7.94. The number of nitrogens with zero attached hydrogens (tertiary/aromatic N) is 1. The van der Waals surface area contributed by atoms with Crippen LogP contribution in [0, 0.1) is 17.8 Å². The molecular formula is C16H31N3O3S. The summed E-state index contributed by atoms with van der Waals surface area (Å²) in [7, 11) is -3.44. The van der Waals surface area contributed by atoms with E-state index in [4.69, 9.17) is 5.14 Å². The van der Waals surface area contributed by atoms with Crippen LogP contribution in [0.4, 0.5) is 0 Å². The Balaban J connectivity index is 1.80. The van der Waals surface area contributed by atoms with E-state index in [-0.39, 0.29) is 23.6 Å². The molecule has 0 radical (unpaired) electrons. The number of carbonyl (C=O) groups is 1. The zero-order chi connectivity index (χ0) is 17.0. The fraction of sp³-hybridized carbons (Fsp3) is 0.938. The molecule has 1 saturated heterocycles. The Labute approximate surface area is 140 Å². The molecule has 0 spiro atoms. The standard InChI is InChI=1S/C16H31N3O3S/c1-12-5-3-7-15(13(12)2)18-16(20)10-19-8-4-6-14(9-19)11-23(17,21)22/h12-15H,3-11H2,1-2H3,(H,18,20)(H2,17,21,22)/t12-,13-,14+,15+/m1/s1. The molecule has 134 valence electrons. The normalized spacial score (nSPS) is 33.3. The maximum atomic E-state index is 12.3. The summed E-state index contributed by atoms with van der Waals surface area (Å²) in [5.74, 6) is 1.29. The van der Waals surface area contributed by atoms with Crippen molar-refractivity contribution < 1.29 is 13.2 Å². The summed E-state index contributed by atoms with van der Waals surface area (Å²) in [6.07, 6.45) is 5.27. The first-order valence-electron chi connectivity index (χ1n) is 8.77. The summed E-state index contributed by atoms with van der Waals surface area (Å²) in [6.45, 7) is 6.33. The second-order valence-corrected chi connectivity index (χ2v) is 9.17. The highest BCUT2D eigenvalue weighted by Gasteiger charge is 2.29. The molecule has 1 aliphatic heterocycles. The molecule has 1 amide bonds. The van der Waals surface area contributed by atoms with Crippen molar-refractivity contribution in [2.75, 3.05) is 25.4 Å². The fourth-order valence-corrected chi connectivity index (χ4v) is 4.93. The van der Waals surface area contributed by atoms with Gasteiger partial charge in [0.05, 0.1) is 12.3 Å². The van der Waals surface area contributed by atoms with Gasteiger partial charge in [-0.3, -0.25) is 9.69 Å². The lowest BCUT2D eigenvalue weighted by atomic mass is 9.78. The van der Waals surface area contributed by atoms with Crippen molar-refractivity contribution in [3.8, 4) is 0 Å². The van der Waals surface area contributed by atoms with E-state index in [1.165, 1.54) is 12.8 Å². The molecule has 0 unspecified atom stereocenters. The van der Waals surface area contributed by atoms with E-state index in [0.29, 0.717) is 24.9 Å². The molecule has 1 heterocycles. The number of rotatable bonds is 5. The lowest BCUT2D eigenvalue weighted by Gasteiger charge is -2.36. The Morgan fingerprint density at radius 1 is 1.22 bits per heavy atom. The third kappa shape index (κ3) is 6.04. The highest BCUT2D eigenvalue weighted by Crippen LogP contribution is 2.29. The van der Waals surface area contributed by atoms with E-state index in [0.717, 1.165) is 25.8 Å². The third-order valence-corrected chi connectivity index (χ3v) is 6.43. The van der Waals surface area contributed by atoms with Crippen molar-refractivity contribution in [2.45, 2.75) is 52.0 Å². The lowest BCUT2D eigenvalue weighted by molar-refractivity contribution is -0.124. The van der Waals surface area contributed by atoms with Gasteiger partial charge in [0.2, 0.25) is 15.9 Å². The van der Waals surface area contributed by atoms with Gasteiger partial charge < -0.3 is 5.32 Å². The molecular weight excluding hydrogens is 314 g/mol. The van der Waals surface area contributed by atoms with E-state index in [9.17, 15) is 13.2 Å². The molecule has 23 heavy (non-hydrogen) atoms. The second-order valence-electron chi connectivity index (χ2n) is 7.51. The predicted octanol–water partition coefficient (Wildman–Crippen LogP) is 0.928. The van der Waals surface area contributed by atoms with Crippen LogP contribution in [0.5, 0.6) is 0 Å². The quantitative estimate of drug-likeness (QED) is 0.775. The highest BCUT2D eigenvalue weighted by atomic mass is 32.2. The van der Waals surface area contributed by atoms with E-state index in [1.54, 1.807) is 0 Å². The number of amides is 1. The monoisotopic (exact) mass is 345 g/mol. The van der Waals surface area contributed by atoms with Crippen LogP contribution in [0.25, 0.3) is 0 Å². The number of primary sulfonamides is 1. The Morgan fingerprint density at radius 2 is 1.96 bits per heavy atom. The number of nitrogens with one attached hydrogen (secondary N) is 1. The molecule has 0 aromatic heterocycles. The number of likely N-dealkylation sites (tertiary alicyclic amines) is 1. The summed E-state index contributed by atoms with van der Waals surface area (Å²) < 4.78 is 22.5. The van der Waals surface area contributed by atoms with Crippen LogP contribution in [0.15, 0.2) is 0 Å². The van der Waals surface area contributed by atoms with Gasteiger partial charge in [0.15, 0.2) is 0 Å². The molecule has 4 atom stereocenters. The van der Waals surface area contributed by atoms with Crippen LogP contribution in [-0.2, 0) is 14.8 Å². The van der Waals surface area contributed by atoms with Crippen molar-refractivity contribution in [3.63, 3.8) is 0 Å². The van der Waals surface area contributed by atoms with Gasteiger partial charge in [-0.25, -0.2) is 13.6 Å². The van der Waals surface area contributed by atoms with E-state index >= 15 is 0 Å². The summed E-state index contributed by atoms with van der Waals surface area (Å²) in [6, 6.07) is 0.274. The Morgan fingerprint density at radius 3 is 2.65 bits per heavy atom. The Hall–Kier alpha value is -0.660. The van der Waals surface area contributed by atoms with Crippen molar-refractivity contribution in [2.24, 2.45) is 22.9 Å². The average molecular weight is 346 g/mol. The smallest absolute Gasteiger partial charge is 0.234 e. The van der Waals surface area contributed by atoms with Crippen molar-refractivity contribution in [1.29, 1.82) is 0 Å². The molecule has 1 saturated carbocycles. The van der Waals surface area contributed by atoms with Crippen molar-refractivity contribution >= 4 is 15.9 Å². The fourth-order valence-electron chi connectivity index (χ4n) is 4.00. The van der Waals surface area contributed by atoms with Crippen molar-refractivity contribution in [3.05, 3.63) is 0 Å². The van der Waals surface area contributed by atoms with Crippen LogP contribution >= 0.6 is 0 Å². The van der Waals surface area contributed by atoms with Crippen molar-refractivity contribution in [1.82, 2.24) is 10.2 Å². The SMILES string of the molecule is C[C@@H]1[C@H](C)CCC[C@@H]1NC(=O)CN1CCC[C@H](CS(N)(=O)=O)C1. The first-order chi connectivity index (χ1) is 10.7. The minimum atomic E-state index is -3.44. The first-order valence-corrected chi connectivity index (χ1v) is 10.5. The number of hydrogen-bond acceptors (Lipinski definition) is 4. The van der Waals surface area contributed by atoms with Crippen LogP contribution in [0.3, 0.4) is 0 Å². The molecule has 2 rings (SSSR count). The van der Waals surface area contributed by atoms with Crippen LogP contribution in [0.2, 0.25) is 0 Å². The van der Waals surface area contributed by atoms with Crippen LogP contribution in [-0.4, -0.2) is 50.7 Å². The maximum absolute atomic E-state index is 12.3. The molecule has 7 heteroatoms. The van der Waals surface area contributed by atoms with E-state index in [2.05, 4.69) is 24.1 Å². The minimum absolute atomic E-state index is 0.0162. The summed E-state index contributed by atoms with van der Waals surface area (Å²) >= 11 is 0. The number of nitrogens with two attached hydrogens (primary N) is 1. The average Bonchev–Trinajstić information content (AvgIpc) is 2.42. The van der Waals surface area contributed by atoms with Gasteiger partial charge in [-0.15, -0.1) is 0 Å². The molecule has 0 aromatic carbocycles. The number of piperidine rings is 1. The molecule has 2 fully saturated rings. The number of carbonyl (C=O) groups excluding carboxylic acids is 1. The molecule has 0 aromatic rings. The predicted molar refractivity (Wildman–Crippen MR) is 91.2 cm³/mol. The van der Waals surface area contributed by atoms with Gasteiger partial charge in [-0.2, -0.15) is 0 Å². The van der Waals surface area contributed by atoms with E-state index < -0.39 is 10.0 Å². The number of sulfonamides is 1. The van der Waals surface area contributed by atoms with Gasteiger partial charge in [-0.05, 0) is 43.6 Å². The van der Waals surface area contributed by atoms with Crippen LogP contribution < -0.4 is 10.5 Å². The highest BCUT2D eigenvalue weighted by molar-refractivity contribution is 7.89. The maximum Gasteiger partial charge on any atom is 0.234 e. The zero-order valence-corrected chi connectivity index (χ0v) is 15.1.